The van der Waals surface area contributed by atoms with E-state index in [0.29, 0.717) is 17.3 Å². The van der Waals surface area contributed by atoms with Crippen LogP contribution in [0.4, 0.5) is 0 Å². The molecular weight excluding hydrogens is 180 g/mol. The molecule has 3 atom stereocenters. The molecule has 80 valence electrons. The van der Waals surface area contributed by atoms with Crippen LogP contribution in [0.2, 0.25) is 0 Å². The van der Waals surface area contributed by atoms with Crippen molar-refractivity contribution in [2.24, 2.45) is 23.2 Å². The van der Waals surface area contributed by atoms with Gasteiger partial charge in [-0.1, -0.05) is 13.8 Å². The van der Waals surface area contributed by atoms with Gasteiger partial charge >= 0.3 is 0 Å². The summed E-state index contributed by atoms with van der Waals surface area (Å²) in [6.07, 6.45) is 0.0351. The predicted molar refractivity (Wildman–Crippen MR) is 50.8 cm³/mol. The highest BCUT2D eigenvalue weighted by atomic mass is 16.7. The minimum absolute atomic E-state index is 0.0351. The highest BCUT2D eigenvalue weighted by Gasteiger charge is 2.62. The molecule has 0 radical (unpaired) electrons. The Kier molecular flexibility index (Phi) is 1.92. The Labute approximate surface area is 84.7 Å². The van der Waals surface area contributed by atoms with E-state index in [2.05, 4.69) is 13.8 Å². The van der Waals surface area contributed by atoms with E-state index in [0.717, 1.165) is 32.3 Å². The molecule has 0 spiro atoms. The number of ether oxygens (including phenoxy) is 3. The van der Waals surface area contributed by atoms with Gasteiger partial charge in [0.1, 0.15) is 0 Å². The lowest BCUT2D eigenvalue weighted by Crippen LogP contribution is -2.57. The summed E-state index contributed by atoms with van der Waals surface area (Å²) in [7, 11) is 0. The molecule has 3 heteroatoms. The average molecular weight is 198 g/mol. The van der Waals surface area contributed by atoms with Gasteiger partial charge in [-0.2, -0.15) is 0 Å². The normalized spacial score (nSPS) is 46.3. The van der Waals surface area contributed by atoms with Gasteiger partial charge in [0.25, 0.3) is 0 Å². The fraction of sp³-hybridized carbons (Fsp3) is 1.00. The zero-order valence-electron chi connectivity index (χ0n) is 8.86. The van der Waals surface area contributed by atoms with Crippen molar-refractivity contribution in [3.63, 3.8) is 0 Å². The van der Waals surface area contributed by atoms with Crippen LogP contribution in [-0.4, -0.2) is 32.7 Å². The van der Waals surface area contributed by atoms with Crippen LogP contribution in [0.15, 0.2) is 0 Å². The van der Waals surface area contributed by atoms with Gasteiger partial charge in [-0.25, -0.2) is 0 Å². The molecule has 14 heavy (non-hydrogen) atoms. The lowest BCUT2D eigenvalue weighted by molar-refractivity contribution is -0.204. The number of fused-ring (bicyclic) bond motifs is 1. The third kappa shape index (κ3) is 1.03. The van der Waals surface area contributed by atoms with Gasteiger partial charge in [0.2, 0.25) is 0 Å². The van der Waals surface area contributed by atoms with E-state index in [1.165, 1.54) is 0 Å². The fourth-order valence-electron chi connectivity index (χ4n) is 3.51. The second-order valence-corrected chi connectivity index (χ2v) is 5.26. The van der Waals surface area contributed by atoms with Crippen LogP contribution in [0.25, 0.3) is 0 Å². The monoisotopic (exact) mass is 198 g/mol. The quantitative estimate of drug-likeness (QED) is 0.635. The Morgan fingerprint density at radius 1 is 1.07 bits per heavy atom. The third-order valence-electron chi connectivity index (χ3n) is 4.34. The van der Waals surface area contributed by atoms with E-state index in [9.17, 15) is 0 Å². The molecule has 2 heterocycles. The molecule has 1 aliphatic carbocycles. The Bertz CT molecular complexity index is 228. The molecule has 0 amide bonds. The maximum Gasteiger partial charge on any atom is 0.161 e. The predicted octanol–water partition coefficient (Wildman–Crippen LogP) is 1.28. The molecule has 2 saturated heterocycles. The molecule has 3 fully saturated rings. The van der Waals surface area contributed by atoms with E-state index in [-0.39, 0.29) is 6.29 Å². The van der Waals surface area contributed by atoms with Crippen LogP contribution >= 0.6 is 0 Å². The van der Waals surface area contributed by atoms with Gasteiger partial charge in [0, 0.05) is 5.92 Å². The molecule has 0 aromatic carbocycles. The first kappa shape index (κ1) is 9.13. The second-order valence-electron chi connectivity index (χ2n) is 5.26. The van der Waals surface area contributed by atoms with Crippen molar-refractivity contribution in [1.29, 1.82) is 0 Å². The summed E-state index contributed by atoms with van der Waals surface area (Å²) in [6.45, 7) is 7.99. The van der Waals surface area contributed by atoms with Gasteiger partial charge in [0.15, 0.2) is 6.29 Å². The van der Waals surface area contributed by atoms with Crippen LogP contribution < -0.4 is 0 Å². The van der Waals surface area contributed by atoms with E-state index in [4.69, 9.17) is 14.2 Å². The standard InChI is InChI=1S/C11H18O3/c1-11(2)8-6-12-5-7(8)9(11)10-13-3-4-14-10/h7-10H,3-6H2,1-2H3/t7-,8+,9-/m0/s1. The first-order chi connectivity index (χ1) is 6.71. The van der Waals surface area contributed by atoms with Gasteiger partial charge in [-0.15, -0.1) is 0 Å². The van der Waals surface area contributed by atoms with Gasteiger partial charge in [-0.05, 0) is 17.3 Å². The van der Waals surface area contributed by atoms with Gasteiger partial charge in [-0.3, -0.25) is 0 Å². The zero-order valence-corrected chi connectivity index (χ0v) is 8.86. The molecule has 2 aliphatic heterocycles. The van der Waals surface area contributed by atoms with E-state index in [1.807, 2.05) is 0 Å². The van der Waals surface area contributed by atoms with Crippen LogP contribution in [0.1, 0.15) is 13.8 Å². The van der Waals surface area contributed by atoms with E-state index in [1.54, 1.807) is 0 Å². The molecule has 3 rings (SSSR count). The Hall–Kier alpha value is -0.120. The number of rotatable bonds is 1. The molecule has 3 aliphatic rings. The minimum atomic E-state index is 0.0351. The SMILES string of the molecule is CC1(C)[C@@H]2COC[C@@H]2[C@H]1C1OCCO1. The van der Waals surface area contributed by atoms with Crippen LogP contribution in [0, 0.1) is 23.2 Å². The highest BCUT2D eigenvalue weighted by molar-refractivity contribution is 5.06. The second kappa shape index (κ2) is 2.94. The van der Waals surface area contributed by atoms with Crippen LogP contribution in [0.3, 0.4) is 0 Å². The summed E-state index contributed by atoms with van der Waals surface area (Å²) in [4.78, 5) is 0. The van der Waals surface area contributed by atoms with Crippen LogP contribution in [0.5, 0.6) is 0 Å². The highest BCUT2D eigenvalue weighted by Crippen LogP contribution is 2.60. The molecule has 0 bridgehead atoms. The number of hydrogen-bond donors (Lipinski definition) is 0. The van der Waals surface area contributed by atoms with E-state index < -0.39 is 0 Å². The Morgan fingerprint density at radius 3 is 2.50 bits per heavy atom. The van der Waals surface area contributed by atoms with E-state index >= 15 is 0 Å². The van der Waals surface area contributed by atoms with Crippen molar-refractivity contribution in [1.82, 2.24) is 0 Å². The molecule has 0 N–H and O–H groups in total. The van der Waals surface area contributed by atoms with Crippen molar-refractivity contribution >= 4 is 0 Å². The average Bonchev–Trinajstić information content (AvgIpc) is 2.74. The maximum absolute atomic E-state index is 5.62. The summed E-state index contributed by atoms with van der Waals surface area (Å²) >= 11 is 0. The summed E-state index contributed by atoms with van der Waals surface area (Å²) in [5.74, 6) is 1.94. The largest absolute Gasteiger partial charge is 0.381 e. The molecule has 1 saturated carbocycles. The summed E-state index contributed by atoms with van der Waals surface area (Å²) in [6, 6.07) is 0. The number of hydrogen-bond acceptors (Lipinski definition) is 3. The first-order valence-electron chi connectivity index (χ1n) is 5.52. The van der Waals surface area contributed by atoms with Crippen molar-refractivity contribution < 1.29 is 14.2 Å². The lowest BCUT2D eigenvalue weighted by atomic mass is 9.49. The molecule has 0 aromatic rings. The Balaban J connectivity index is 1.78. The molecular formula is C11H18O3. The Morgan fingerprint density at radius 2 is 1.79 bits per heavy atom. The minimum Gasteiger partial charge on any atom is -0.381 e. The van der Waals surface area contributed by atoms with Crippen molar-refractivity contribution in [2.75, 3.05) is 26.4 Å². The van der Waals surface area contributed by atoms with Crippen molar-refractivity contribution in [3.8, 4) is 0 Å². The zero-order chi connectivity index (χ0) is 9.76. The smallest absolute Gasteiger partial charge is 0.161 e. The molecule has 3 nitrogen and oxygen atoms in total. The van der Waals surface area contributed by atoms with Gasteiger partial charge < -0.3 is 14.2 Å². The molecule has 0 aromatic heterocycles. The maximum atomic E-state index is 5.62. The summed E-state index contributed by atoms with van der Waals surface area (Å²) in [5, 5.41) is 0. The van der Waals surface area contributed by atoms with Crippen molar-refractivity contribution in [3.05, 3.63) is 0 Å². The lowest BCUT2D eigenvalue weighted by Gasteiger charge is -2.56. The molecule has 0 unspecified atom stereocenters. The van der Waals surface area contributed by atoms with Crippen molar-refractivity contribution in [2.45, 2.75) is 20.1 Å². The first-order valence-corrected chi connectivity index (χ1v) is 5.52. The third-order valence-corrected chi connectivity index (χ3v) is 4.34. The summed E-state index contributed by atoms with van der Waals surface area (Å²) in [5.41, 5.74) is 0.330. The van der Waals surface area contributed by atoms with Crippen LogP contribution in [-0.2, 0) is 14.2 Å². The summed E-state index contributed by atoms with van der Waals surface area (Å²) < 4.78 is 16.8. The fourth-order valence-corrected chi connectivity index (χ4v) is 3.51. The van der Waals surface area contributed by atoms with Gasteiger partial charge in [0.05, 0.1) is 26.4 Å². The topological polar surface area (TPSA) is 27.7 Å².